The first-order chi connectivity index (χ1) is 16.6. The van der Waals surface area contributed by atoms with E-state index in [1.165, 1.54) is 27.5 Å². The van der Waals surface area contributed by atoms with Crippen molar-refractivity contribution in [1.29, 1.82) is 0 Å². The average Bonchev–Trinajstić information content (AvgIpc) is 3.36. The van der Waals surface area contributed by atoms with Crippen LogP contribution >= 0.6 is 0 Å². The van der Waals surface area contributed by atoms with Crippen molar-refractivity contribution in [2.45, 2.75) is 12.0 Å². The van der Waals surface area contributed by atoms with E-state index in [4.69, 9.17) is 14.2 Å². The van der Waals surface area contributed by atoms with E-state index in [1.54, 1.807) is 12.1 Å². The van der Waals surface area contributed by atoms with E-state index in [0.717, 1.165) is 11.1 Å². The molecular formula is C26H26N4O4. The number of carbonyl (C=O) groups is 1. The topological polar surface area (TPSA) is 93.5 Å². The number of hydrogen-bond donors (Lipinski definition) is 2. The average molecular weight is 459 g/mol. The molecule has 0 radical (unpaired) electrons. The molecule has 8 heteroatoms. The second-order valence-corrected chi connectivity index (χ2v) is 7.64. The quantitative estimate of drug-likeness (QED) is 0.398. The summed E-state index contributed by atoms with van der Waals surface area (Å²) in [5.41, 5.74) is 8.22. The number of hydrogen-bond acceptors (Lipinski definition) is 7. The summed E-state index contributed by atoms with van der Waals surface area (Å²) in [6.07, 6.45) is 1.89. The normalized spacial score (nSPS) is 14.3. The van der Waals surface area contributed by atoms with Crippen molar-refractivity contribution in [2.24, 2.45) is 10.2 Å². The Balaban J connectivity index is 1.51. The van der Waals surface area contributed by atoms with Crippen molar-refractivity contribution in [3.05, 3.63) is 89.5 Å². The molecule has 34 heavy (non-hydrogen) atoms. The van der Waals surface area contributed by atoms with E-state index in [2.05, 4.69) is 21.1 Å². The van der Waals surface area contributed by atoms with Crippen LogP contribution in [0.15, 0.2) is 83.0 Å². The van der Waals surface area contributed by atoms with E-state index in [0.29, 0.717) is 34.9 Å². The van der Waals surface area contributed by atoms with Gasteiger partial charge in [0, 0.05) is 12.0 Å². The van der Waals surface area contributed by atoms with Crippen LogP contribution in [0.4, 0.5) is 0 Å². The second kappa shape index (κ2) is 10.1. The van der Waals surface area contributed by atoms with Gasteiger partial charge in [-0.2, -0.15) is 10.2 Å². The van der Waals surface area contributed by atoms with Crippen molar-refractivity contribution in [1.82, 2.24) is 10.9 Å². The Morgan fingerprint density at radius 3 is 2.00 bits per heavy atom. The van der Waals surface area contributed by atoms with Crippen LogP contribution in [-0.4, -0.2) is 39.2 Å². The lowest BCUT2D eigenvalue weighted by atomic mass is 9.80. The highest BCUT2D eigenvalue weighted by atomic mass is 16.5. The fraction of sp³-hybridized carbons (Fsp3) is 0.192. The number of benzene rings is 3. The highest BCUT2D eigenvalue weighted by molar-refractivity contribution is 6.39. The van der Waals surface area contributed by atoms with Crippen LogP contribution in [0.1, 0.15) is 23.1 Å². The van der Waals surface area contributed by atoms with Gasteiger partial charge in [0.2, 0.25) is 5.75 Å². The van der Waals surface area contributed by atoms with E-state index in [1.807, 2.05) is 60.7 Å². The molecule has 1 amide bonds. The maximum absolute atomic E-state index is 12.9. The largest absolute Gasteiger partial charge is 0.493 e. The molecule has 0 aromatic heterocycles. The van der Waals surface area contributed by atoms with Crippen molar-refractivity contribution in [3.8, 4) is 17.2 Å². The summed E-state index contributed by atoms with van der Waals surface area (Å²) in [4.78, 5) is 12.9. The SMILES string of the molecule is COc1cc(C=NNC(=O)C2=NNC(c3ccccc3)(c3ccccc3)C2)cc(OC)c1OC. The zero-order valence-electron chi connectivity index (χ0n) is 19.2. The molecule has 174 valence electrons. The summed E-state index contributed by atoms with van der Waals surface area (Å²) in [7, 11) is 4.61. The number of nitrogens with one attached hydrogen (secondary N) is 2. The molecule has 2 N–H and O–H groups in total. The second-order valence-electron chi connectivity index (χ2n) is 7.64. The summed E-state index contributed by atoms with van der Waals surface area (Å²) in [5.74, 6) is 1.09. The Labute approximate surface area is 198 Å². The molecule has 0 atom stereocenters. The lowest BCUT2D eigenvalue weighted by Crippen LogP contribution is -2.38. The first-order valence-corrected chi connectivity index (χ1v) is 10.7. The zero-order valence-corrected chi connectivity index (χ0v) is 19.2. The van der Waals surface area contributed by atoms with Gasteiger partial charge in [0.05, 0.1) is 27.5 Å². The zero-order chi connectivity index (χ0) is 24.0. The third-order valence-corrected chi connectivity index (χ3v) is 5.68. The van der Waals surface area contributed by atoms with Gasteiger partial charge in [0.1, 0.15) is 11.3 Å². The molecule has 0 unspecified atom stereocenters. The van der Waals surface area contributed by atoms with Gasteiger partial charge in [0.25, 0.3) is 5.91 Å². The summed E-state index contributed by atoms with van der Waals surface area (Å²) in [6, 6.07) is 23.4. The first kappa shape index (κ1) is 22.8. The summed E-state index contributed by atoms with van der Waals surface area (Å²) < 4.78 is 16.0. The van der Waals surface area contributed by atoms with Gasteiger partial charge >= 0.3 is 0 Å². The van der Waals surface area contributed by atoms with Gasteiger partial charge in [-0.3, -0.25) is 10.2 Å². The molecule has 1 aliphatic heterocycles. The highest BCUT2D eigenvalue weighted by Gasteiger charge is 2.41. The summed E-state index contributed by atoms with van der Waals surface area (Å²) in [6.45, 7) is 0. The molecule has 0 fully saturated rings. The molecule has 0 aliphatic carbocycles. The van der Waals surface area contributed by atoms with Crippen LogP contribution in [0, 0.1) is 0 Å². The molecule has 4 rings (SSSR count). The number of carbonyl (C=O) groups excluding carboxylic acids is 1. The van der Waals surface area contributed by atoms with Gasteiger partial charge in [-0.15, -0.1) is 0 Å². The number of hydrazone groups is 2. The summed E-state index contributed by atoms with van der Waals surface area (Å²) >= 11 is 0. The van der Waals surface area contributed by atoms with Crippen LogP contribution in [-0.2, 0) is 10.3 Å². The number of methoxy groups -OCH3 is 3. The van der Waals surface area contributed by atoms with Crippen LogP contribution in [0.2, 0.25) is 0 Å². The van der Waals surface area contributed by atoms with Crippen LogP contribution in [0.3, 0.4) is 0 Å². The Bertz CT molecular complexity index is 1150. The minimum absolute atomic E-state index is 0.356. The van der Waals surface area contributed by atoms with E-state index in [9.17, 15) is 4.79 Å². The Hall–Kier alpha value is -4.33. The summed E-state index contributed by atoms with van der Waals surface area (Å²) in [5, 5.41) is 8.47. The Morgan fingerprint density at radius 2 is 1.50 bits per heavy atom. The minimum Gasteiger partial charge on any atom is -0.493 e. The standard InChI is InChI=1S/C26H26N4O4/c1-32-22-14-18(15-23(33-2)24(22)34-3)17-27-29-25(31)21-16-26(30-28-21,19-10-6-4-7-11-19)20-12-8-5-9-13-20/h4-15,17,30H,16H2,1-3H3,(H,29,31). The first-order valence-electron chi connectivity index (χ1n) is 10.7. The minimum atomic E-state index is -0.629. The van der Waals surface area contributed by atoms with Crippen LogP contribution < -0.4 is 25.1 Å². The Morgan fingerprint density at radius 1 is 0.941 bits per heavy atom. The highest BCUT2D eigenvalue weighted by Crippen LogP contribution is 2.38. The van der Waals surface area contributed by atoms with Crippen molar-refractivity contribution >= 4 is 17.8 Å². The van der Waals surface area contributed by atoms with E-state index >= 15 is 0 Å². The van der Waals surface area contributed by atoms with Crippen molar-refractivity contribution < 1.29 is 19.0 Å². The number of ether oxygens (including phenoxy) is 3. The fourth-order valence-electron chi connectivity index (χ4n) is 3.98. The predicted octanol–water partition coefficient (Wildman–Crippen LogP) is 3.46. The smallest absolute Gasteiger partial charge is 0.287 e. The molecule has 3 aromatic rings. The van der Waals surface area contributed by atoms with Gasteiger partial charge < -0.3 is 14.2 Å². The lowest BCUT2D eigenvalue weighted by molar-refractivity contribution is -0.114. The van der Waals surface area contributed by atoms with Crippen molar-refractivity contribution in [2.75, 3.05) is 21.3 Å². The molecule has 1 heterocycles. The van der Waals surface area contributed by atoms with Gasteiger partial charge in [0.15, 0.2) is 11.5 Å². The molecule has 1 aliphatic rings. The fourth-order valence-corrected chi connectivity index (χ4v) is 3.98. The molecule has 3 aromatic carbocycles. The third kappa shape index (κ3) is 4.43. The maximum Gasteiger partial charge on any atom is 0.287 e. The van der Waals surface area contributed by atoms with Gasteiger partial charge in [-0.1, -0.05) is 60.7 Å². The molecule has 0 saturated heterocycles. The lowest BCUT2D eigenvalue weighted by Gasteiger charge is -2.30. The monoisotopic (exact) mass is 458 g/mol. The van der Waals surface area contributed by atoms with E-state index in [-0.39, 0.29) is 5.91 Å². The van der Waals surface area contributed by atoms with Crippen molar-refractivity contribution in [3.63, 3.8) is 0 Å². The number of rotatable bonds is 8. The van der Waals surface area contributed by atoms with Crippen LogP contribution in [0.25, 0.3) is 0 Å². The predicted molar refractivity (Wildman–Crippen MR) is 131 cm³/mol. The third-order valence-electron chi connectivity index (χ3n) is 5.68. The molecular weight excluding hydrogens is 432 g/mol. The van der Waals surface area contributed by atoms with E-state index < -0.39 is 5.54 Å². The molecule has 0 spiro atoms. The maximum atomic E-state index is 12.9. The molecule has 0 bridgehead atoms. The Kier molecular flexibility index (Phi) is 6.77. The van der Waals surface area contributed by atoms with Crippen LogP contribution in [0.5, 0.6) is 17.2 Å². The number of amides is 1. The number of nitrogens with zero attached hydrogens (tertiary/aromatic N) is 2. The van der Waals surface area contributed by atoms with Gasteiger partial charge in [-0.05, 0) is 23.3 Å². The molecule has 8 nitrogen and oxygen atoms in total. The van der Waals surface area contributed by atoms with Gasteiger partial charge in [-0.25, -0.2) is 5.43 Å². The molecule has 0 saturated carbocycles.